The molecule has 0 saturated carbocycles. The number of hydrogen-bond donors (Lipinski definition) is 1. The predicted molar refractivity (Wildman–Crippen MR) is 84.0 cm³/mol. The zero-order valence-corrected chi connectivity index (χ0v) is 13.1. The van der Waals surface area contributed by atoms with Gasteiger partial charge in [-0.25, -0.2) is 0 Å². The SMILES string of the molecule is CCC(O)C1CCCCN1CCOc1ccccc1OC. The Balaban J connectivity index is 1.86. The maximum Gasteiger partial charge on any atom is 0.161 e. The fourth-order valence-electron chi connectivity index (χ4n) is 3.01. The van der Waals surface area contributed by atoms with Gasteiger partial charge in [0.15, 0.2) is 11.5 Å². The van der Waals surface area contributed by atoms with E-state index in [9.17, 15) is 5.11 Å². The van der Waals surface area contributed by atoms with Crippen molar-refractivity contribution >= 4 is 0 Å². The van der Waals surface area contributed by atoms with E-state index in [1.807, 2.05) is 31.2 Å². The summed E-state index contributed by atoms with van der Waals surface area (Å²) in [4.78, 5) is 2.37. The molecule has 2 unspecified atom stereocenters. The Hall–Kier alpha value is -1.26. The van der Waals surface area contributed by atoms with Crippen molar-refractivity contribution in [2.24, 2.45) is 0 Å². The monoisotopic (exact) mass is 293 g/mol. The fraction of sp³-hybridized carbons (Fsp3) is 0.647. The van der Waals surface area contributed by atoms with Crippen LogP contribution in [-0.2, 0) is 0 Å². The number of aliphatic hydroxyl groups excluding tert-OH is 1. The first kappa shape index (κ1) is 16.1. The van der Waals surface area contributed by atoms with Crippen LogP contribution in [0.2, 0.25) is 0 Å². The summed E-state index contributed by atoms with van der Waals surface area (Å²) >= 11 is 0. The number of aliphatic hydroxyl groups is 1. The molecule has 1 N–H and O–H groups in total. The summed E-state index contributed by atoms with van der Waals surface area (Å²) in [7, 11) is 1.65. The van der Waals surface area contributed by atoms with E-state index < -0.39 is 0 Å². The van der Waals surface area contributed by atoms with Crippen molar-refractivity contribution in [1.82, 2.24) is 4.90 Å². The third-order valence-corrected chi connectivity index (χ3v) is 4.23. The second-order valence-electron chi connectivity index (χ2n) is 5.57. The normalized spacial score (nSPS) is 21.0. The van der Waals surface area contributed by atoms with Crippen molar-refractivity contribution in [3.8, 4) is 11.5 Å². The smallest absolute Gasteiger partial charge is 0.161 e. The van der Waals surface area contributed by atoms with Gasteiger partial charge in [0.05, 0.1) is 13.2 Å². The lowest BCUT2D eigenvalue weighted by Crippen LogP contribution is -2.48. The van der Waals surface area contributed by atoms with E-state index in [0.717, 1.165) is 37.4 Å². The largest absolute Gasteiger partial charge is 0.493 e. The average molecular weight is 293 g/mol. The second kappa shape index (κ2) is 8.25. The molecule has 1 aromatic carbocycles. The van der Waals surface area contributed by atoms with Gasteiger partial charge >= 0.3 is 0 Å². The Morgan fingerprint density at radius 2 is 2.05 bits per heavy atom. The molecule has 2 rings (SSSR count). The molecule has 0 spiro atoms. The van der Waals surface area contributed by atoms with E-state index in [-0.39, 0.29) is 12.1 Å². The minimum Gasteiger partial charge on any atom is -0.493 e. The Labute approximate surface area is 127 Å². The molecular formula is C17H27NO3. The first-order valence-electron chi connectivity index (χ1n) is 7.94. The molecule has 1 aliphatic rings. The summed E-state index contributed by atoms with van der Waals surface area (Å²) in [5.41, 5.74) is 0. The molecule has 1 aromatic rings. The van der Waals surface area contributed by atoms with Crippen LogP contribution in [0.25, 0.3) is 0 Å². The van der Waals surface area contributed by atoms with Gasteiger partial charge in [-0.1, -0.05) is 25.5 Å². The van der Waals surface area contributed by atoms with Crippen molar-refractivity contribution in [3.05, 3.63) is 24.3 Å². The number of rotatable bonds is 7. The van der Waals surface area contributed by atoms with E-state index in [1.165, 1.54) is 12.8 Å². The molecule has 2 atom stereocenters. The number of likely N-dealkylation sites (tertiary alicyclic amines) is 1. The van der Waals surface area contributed by atoms with Gasteiger partial charge < -0.3 is 14.6 Å². The van der Waals surface area contributed by atoms with Crippen LogP contribution in [0.3, 0.4) is 0 Å². The average Bonchev–Trinajstić information content (AvgIpc) is 2.55. The van der Waals surface area contributed by atoms with E-state index >= 15 is 0 Å². The molecule has 0 bridgehead atoms. The van der Waals surface area contributed by atoms with Gasteiger partial charge in [0.25, 0.3) is 0 Å². The molecule has 0 radical (unpaired) electrons. The van der Waals surface area contributed by atoms with E-state index in [2.05, 4.69) is 4.90 Å². The van der Waals surface area contributed by atoms with Gasteiger partial charge in [-0.3, -0.25) is 4.90 Å². The molecule has 0 aliphatic carbocycles. The Morgan fingerprint density at radius 3 is 2.76 bits per heavy atom. The number of ether oxygens (including phenoxy) is 2. The highest BCUT2D eigenvalue weighted by atomic mass is 16.5. The lowest BCUT2D eigenvalue weighted by molar-refractivity contribution is 0.0177. The Morgan fingerprint density at radius 1 is 1.29 bits per heavy atom. The maximum absolute atomic E-state index is 10.1. The summed E-state index contributed by atoms with van der Waals surface area (Å²) < 4.78 is 11.1. The van der Waals surface area contributed by atoms with Crippen LogP contribution in [0.15, 0.2) is 24.3 Å². The molecule has 21 heavy (non-hydrogen) atoms. The van der Waals surface area contributed by atoms with Crippen molar-refractivity contribution in [2.75, 3.05) is 26.8 Å². The van der Waals surface area contributed by atoms with Gasteiger partial charge in [-0.2, -0.15) is 0 Å². The van der Waals surface area contributed by atoms with E-state index in [1.54, 1.807) is 7.11 Å². The van der Waals surface area contributed by atoms with Crippen LogP contribution in [0.4, 0.5) is 0 Å². The number of para-hydroxylation sites is 2. The lowest BCUT2D eigenvalue weighted by Gasteiger charge is -2.38. The third-order valence-electron chi connectivity index (χ3n) is 4.23. The summed E-state index contributed by atoms with van der Waals surface area (Å²) in [5, 5.41) is 10.1. The van der Waals surface area contributed by atoms with Crippen LogP contribution in [-0.4, -0.2) is 49.0 Å². The molecule has 118 valence electrons. The van der Waals surface area contributed by atoms with E-state index in [4.69, 9.17) is 9.47 Å². The van der Waals surface area contributed by atoms with Crippen molar-refractivity contribution in [2.45, 2.75) is 44.8 Å². The molecule has 0 amide bonds. The van der Waals surface area contributed by atoms with Crippen LogP contribution in [0.5, 0.6) is 11.5 Å². The van der Waals surface area contributed by atoms with Gasteiger partial charge in [0.2, 0.25) is 0 Å². The third kappa shape index (κ3) is 4.35. The first-order chi connectivity index (χ1) is 10.3. The maximum atomic E-state index is 10.1. The van der Waals surface area contributed by atoms with Crippen molar-refractivity contribution < 1.29 is 14.6 Å². The second-order valence-corrected chi connectivity index (χ2v) is 5.57. The number of methoxy groups -OCH3 is 1. The minimum atomic E-state index is -0.225. The quantitative estimate of drug-likeness (QED) is 0.839. The fourth-order valence-corrected chi connectivity index (χ4v) is 3.01. The molecule has 4 nitrogen and oxygen atoms in total. The zero-order valence-electron chi connectivity index (χ0n) is 13.1. The molecule has 0 aromatic heterocycles. The summed E-state index contributed by atoms with van der Waals surface area (Å²) in [5.74, 6) is 1.55. The van der Waals surface area contributed by atoms with Crippen LogP contribution in [0, 0.1) is 0 Å². The summed E-state index contributed by atoms with van der Waals surface area (Å²) in [6, 6.07) is 7.99. The Kier molecular flexibility index (Phi) is 6.33. The standard InChI is InChI=1S/C17H27NO3/c1-3-15(19)14-8-6-7-11-18(14)12-13-21-17-10-5-4-9-16(17)20-2/h4-5,9-10,14-15,19H,3,6-8,11-13H2,1-2H3. The van der Waals surface area contributed by atoms with Gasteiger partial charge in [-0.05, 0) is 37.9 Å². The van der Waals surface area contributed by atoms with Gasteiger partial charge in [-0.15, -0.1) is 0 Å². The van der Waals surface area contributed by atoms with E-state index in [0.29, 0.717) is 6.61 Å². The summed E-state index contributed by atoms with van der Waals surface area (Å²) in [6.07, 6.45) is 4.10. The minimum absolute atomic E-state index is 0.225. The predicted octanol–water partition coefficient (Wildman–Crippen LogP) is 2.70. The molecule has 1 fully saturated rings. The lowest BCUT2D eigenvalue weighted by atomic mass is 9.96. The number of piperidine rings is 1. The number of hydrogen-bond acceptors (Lipinski definition) is 4. The van der Waals surface area contributed by atoms with Gasteiger partial charge in [0, 0.05) is 12.6 Å². The molecule has 4 heteroatoms. The highest BCUT2D eigenvalue weighted by molar-refractivity contribution is 5.39. The topological polar surface area (TPSA) is 41.9 Å². The number of benzene rings is 1. The van der Waals surface area contributed by atoms with Gasteiger partial charge in [0.1, 0.15) is 6.61 Å². The van der Waals surface area contributed by atoms with Crippen molar-refractivity contribution in [1.29, 1.82) is 0 Å². The van der Waals surface area contributed by atoms with Crippen LogP contribution in [0.1, 0.15) is 32.6 Å². The first-order valence-corrected chi connectivity index (χ1v) is 7.94. The molecule has 1 saturated heterocycles. The van der Waals surface area contributed by atoms with Crippen LogP contribution < -0.4 is 9.47 Å². The number of nitrogens with zero attached hydrogens (tertiary/aromatic N) is 1. The summed E-state index contributed by atoms with van der Waals surface area (Å²) in [6.45, 7) is 4.56. The highest BCUT2D eigenvalue weighted by Gasteiger charge is 2.27. The molecule has 1 heterocycles. The molecular weight excluding hydrogens is 266 g/mol. The zero-order chi connectivity index (χ0) is 15.1. The Bertz CT molecular complexity index is 424. The molecule has 1 aliphatic heterocycles. The highest BCUT2D eigenvalue weighted by Crippen LogP contribution is 2.26. The van der Waals surface area contributed by atoms with Crippen LogP contribution >= 0.6 is 0 Å². The van der Waals surface area contributed by atoms with Crippen molar-refractivity contribution in [3.63, 3.8) is 0 Å².